The van der Waals surface area contributed by atoms with Gasteiger partial charge in [0, 0.05) is 25.7 Å². The van der Waals surface area contributed by atoms with E-state index in [1.54, 1.807) is 0 Å². The van der Waals surface area contributed by atoms with Crippen molar-refractivity contribution in [3.8, 4) is 0 Å². The Morgan fingerprint density at radius 1 is 0.296 bits per heavy atom. The van der Waals surface area contributed by atoms with E-state index in [1.165, 1.54) is 141 Å². The van der Waals surface area contributed by atoms with E-state index in [0.29, 0.717) is 32.1 Å². The number of phosphoric acid groups is 2. The molecular formula is C79H142O17P2. The topological polar surface area (TPSA) is 237 Å². The maximum atomic E-state index is 13.1. The molecule has 17 nitrogen and oxygen atoms in total. The normalized spacial score (nSPS) is 14.3. The molecular weight excluding hydrogens is 1280 g/mol. The third-order valence-electron chi connectivity index (χ3n) is 16.7. The Bertz CT molecular complexity index is 2140. The number of hydrogen-bond donors (Lipinski definition) is 3. The number of aliphatic hydroxyl groups is 1. The lowest BCUT2D eigenvalue weighted by Gasteiger charge is -2.21. The Labute approximate surface area is 596 Å². The molecule has 98 heavy (non-hydrogen) atoms. The minimum Gasteiger partial charge on any atom is -0.462 e. The number of esters is 4. The van der Waals surface area contributed by atoms with Gasteiger partial charge in [-0.3, -0.25) is 37.3 Å². The van der Waals surface area contributed by atoms with Gasteiger partial charge in [-0.15, -0.1) is 0 Å². The van der Waals surface area contributed by atoms with Crippen molar-refractivity contribution in [1.82, 2.24) is 0 Å². The molecule has 0 spiro atoms. The monoisotopic (exact) mass is 1420 g/mol. The molecule has 0 aromatic heterocycles. The number of carbonyl (C=O) groups is 4. The Hall–Kier alpha value is -3.50. The van der Waals surface area contributed by atoms with Gasteiger partial charge in [-0.25, -0.2) is 9.13 Å². The lowest BCUT2D eigenvalue weighted by Crippen LogP contribution is -2.30. The van der Waals surface area contributed by atoms with Crippen molar-refractivity contribution in [3.63, 3.8) is 0 Å². The summed E-state index contributed by atoms with van der Waals surface area (Å²) >= 11 is 0. The molecule has 0 saturated heterocycles. The first-order valence-corrected chi connectivity index (χ1v) is 42.2. The van der Waals surface area contributed by atoms with E-state index in [4.69, 9.17) is 37.0 Å². The maximum Gasteiger partial charge on any atom is 0.472 e. The van der Waals surface area contributed by atoms with Crippen LogP contribution in [0, 0.1) is 0 Å². The van der Waals surface area contributed by atoms with Crippen LogP contribution in [0.2, 0.25) is 0 Å². The molecule has 0 heterocycles. The van der Waals surface area contributed by atoms with E-state index >= 15 is 0 Å². The molecule has 0 aromatic rings. The van der Waals surface area contributed by atoms with Crippen LogP contribution in [0.5, 0.6) is 0 Å². The van der Waals surface area contributed by atoms with Crippen LogP contribution < -0.4 is 0 Å². The van der Waals surface area contributed by atoms with E-state index in [1.807, 2.05) is 12.2 Å². The highest BCUT2D eigenvalue weighted by Crippen LogP contribution is 2.45. The van der Waals surface area contributed by atoms with Crippen LogP contribution >= 0.6 is 15.6 Å². The van der Waals surface area contributed by atoms with Gasteiger partial charge >= 0.3 is 39.5 Å². The van der Waals surface area contributed by atoms with Crippen molar-refractivity contribution < 1.29 is 80.2 Å². The van der Waals surface area contributed by atoms with Crippen LogP contribution in [0.4, 0.5) is 0 Å². The summed E-state index contributed by atoms with van der Waals surface area (Å²) < 4.78 is 68.5. The fourth-order valence-electron chi connectivity index (χ4n) is 10.7. The van der Waals surface area contributed by atoms with Crippen molar-refractivity contribution in [2.24, 2.45) is 0 Å². The molecule has 570 valence electrons. The summed E-state index contributed by atoms with van der Waals surface area (Å²) in [5.74, 6) is -2.22. The second kappa shape index (κ2) is 71.9. The zero-order valence-electron chi connectivity index (χ0n) is 62.2. The highest BCUT2D eigenvalue weighted by molar-refractivity contribution is 7.47. The lowest BCUT2D eigenvalue weighted by molar-refractivity contribution is -0.161. The minimum absolute atomic E-state index is 0.0870. The fourth-order valence-corrected chi connectivity index (χ4v) is 12.3. The molecule has 0 radical (unpaired) electrons. The number of ether oxygens (including phenoxy) is 4. The predicted octanol–water partition coefficient (Wildman–Crippen LogP) is 22.4. The summed E-state index contributed by atoms with van der Waals surface area (Å²) in [6.07, 6.45) is 71.8. The fraction of sp³-hybridized carbons (Fsp3) is 0.797. The molecule has 0 aromatic carbocycles. The van der Waals surface area contributed by atoms with Crippen LogP contribution in [0.25, 0.3) is 0 Å². The van der Waals surface area contributed by atoms with Gasteiger partial charge in [-0.1, -0.05) is 306 Å². The van der Waals surface area contributed by atoms with Gasteiger partial charge in [-0.05, 0) is 89.9 Å². The SMILES string of the molecule is CC/C=C\C/C=C\C/C=C\C/C=C\C/C=C\CCCC(=O)OCC(COP(=O)(O)OCC(O)COP(=O)(O)OCC(COC(=O)CCCCCCC/C=C\CCCCCCCC)OC(=O)CCCCCCCCCCCCC)OC(=O)CCCCCCCCCCCCCCCCC. The molecule has 0 aliphatic rings. The molecule has 19 heteroatoms. The highest BCUT2D eigenvalue weighted by Gasteiger charge is 2.30. The van der Waals surface area contributed by atoms with E-state index in [9.17, 15) is 43.2 Å². The summed E-state index contributed by atoms with van der Waals surface area (Å²) in [6.45, 7) is 4.73. The summed E-state index contributed by atoms with van der Waals surface area (Å²) in [4.78, 5) is 72.8. The van der Waals surface area contributed by atoms with Gasteiger partial charge < -0.3 is 33.8 Å². The first kappa shape index (κ1) is 94.5. The van der Waals surface area contributed by atoms with Crippen LogP contribution in [0.3, 0.4) is 0 Å². The Balaban J connectivity index is 5.35. The molecule has 5 unspecified atom stereocenters. The van der Waals surface area contributed by atoms with E-state index in [-0.39, 0.29) is 25.7 Å². The number of hydrogen-bond acceptors (Lipinski definition) is 15. The van der Waals surface area contributed by atoms with Crippen molar-refractivity contribution in [2.75, 3.05) is 39.6 Å². The maximum absolute atomic E-state index is 13.1. The molecule has 0 bridgehead atoms. The van der Waals surface area contributed by atoms with Crippen LogP contribution in [0.1, 0.15) is 349 Å². The molecule has 0 saturated carbocycles. The number of aliphatic hydroxyl groups excluding tert-OH is 1. The summed E-state index contributed by atoms with van der Waals surface area (Å²) in [6, 6.07) is 0. The first-order valence-electron chi connectivity index (χ1n) is 39.2. The molecule has 0 rings (SSSR count). The average molecular weight is 1430 g/mol. The number of carbonyl (C=O) groups excluding carboxylic acids is 4. The Kier molecular flexibility index (Phi) is 69.3. The van der Waals surface area contributed by atoms with E-state index in [2.05, 4.69) is 88.5 Å². The van der Waals surface area contributed by atoms with Crippen molar-refractivity contribution in [1.29, 1.82) is 0 Å². The van der Waals surface area contributed by atoms with Gasteiger partial charge in [0.05, 0.1) is 26.4 Å². The third kappa shape index (κ3) is 70.9. The van der Waals surface area contributed by atoms with Gasteiger partial charge in [0.25, 0.3) is 0 Å². The van der Waals surface area contributed by atoms with Crippen molar-refractivity contribution >= 4 is 39.5 Å². The molecule has 0 fully saturated rings. The minimum atomic E-state index is -4.98. The average Bonchev–Trinajstić information content (AvgIpc) is 0.986. The Morgan fingerprint density at radius 3 is 0.867 bits per heavy atom. The quantitative estimate of drug-likeness (QED) is 0.0169. The van der Waals surface area contributed by atoms with E-state index in [0.717, 1.165) is 122 Å². The zero-order valence-corrected chi connectivity index (χ0v) is 64.0. The summed E-state index contributed by atoms with van der Waals surface area (Å²) in [5.41, 5.74) is 0. The molecule has 5 atom stereocenters. The summed E-state index contributed by atoms with van der Waals surface area (Å²) in [7, 11) is -9.95. The number of unbranched alkanes of at least 4 members (excludes halogenated alkanes) is 36. The summed E-state index contributed by atoms with van der Waals surface area (Å²) in [5, 5.41) is 10.6. The number of phosphoric ester groups is 2. The largest absolute Gasteiger partial charge is 0.472 e. The zero-order chi connectivity index (χ0) is 71.8. The molecule has 0 amide bonds. The highest BCUT2D eigenvalue weighted by atomic mass is 31.2. The van der Waals surface area contributed by atoms with Gasteiger partial charge in [0.15, 0.2) is 12.2 Å². The molecule has 0 aliphatic carbocycles. The molecule has 3 N–H and O–H groups in total. The number of rotatable bonds is 74. The van der Waals surface area contributed by atoms with Crippen molar-refractivity contribution in [3.05, 3.63) is 72.9 Å². The van der Waals surface area contributed by atoms with E-state index < -0.39 is 97.5 Å². The van der Waals surface area contributed by atoms with Crippen LogP contribution in [-0.4, -0.2) is 96.7 Å². The first-order chi connectivity index (χ1) is 47.7. The number of allylic oxidation sites excluding steroid dienone is 12. The lowest BCUT2D eigenvalue weighted by atomic mass is 10.0. The van der Waals surface area contributed by atoms with Crippen LogP contribution in [0.15, 0.2) is 72.9 Å². The predicted molar refractivity (Wildman–Crippen MR) is 400 cm³/mol. The Morgan fingerprint density at radius 2 is 0.541 bits per heavy atom. The van der Waals surface area contributed by atoms with Gasteiger partial charge in [-0.2, -0.15) is 0 Å². The molecule has 0 aliphatic heterocycles. The van der Waals surface area contributed by atoms with Gasteiger partial charge in [0.2, 0.25) is 0 Å². The standard InChI is InChI=1S/C79H142O17P2/c1-5-9-13-17-21-25-29-32-35-36-39-41-45-48-52-56-60-64-77(82)90-70-75(96-79(84)66-62-58-54-50-46-42-38-34-31-27-23-19-15-11-7-3)72-94-98(87,88)92-68-73(80)67-91-97(85,86)93-71-74(95-78(83)65-61-57-53-49-43-28-24-20-16-12-8-4)69-89-76(81)63-59-55-51-47-44-40-37-33-30-26-22-18-14-10-6-2/h9,13,21,25,32-33,35,37,39,41,48,52,73-75,80H,5-8,10-12,14-20,22-24,26-31,34,36,38,40,42-47,49-51,53-72H2,1-4H3,(H,85,86)(H,87,88)/b13-9-,25-21-,35-32-,37-33-,41-39-,52-48-. The van der Waals surface area contributed by atoms with Crippen molar-refractivity contribution in [2.45, 2.75) is 367 Å². The van der Waals surface area contributed by atoms with Crippen LogP contribution in [-0.2, 0) is 65.4 Å². The van der Waals surface area contributed by atoms with Gasteiger partial charge in [0.1, 0.15) is 19.3 Å². The second-order valence-corrected chi connectivity index (χ2v) is 29.2. The third-order valence-corrected chi connectivity index (χ3v) is 18.6. The second-order valence-electron chi connectivity index (χ2n) is 26.3. The smallest absolute Gasteiger partial charge is 0.462 e.